The smallest absolute Gasteiger partial charge is 0.0207 e. The molecule has 4 heteroatoms. The van der Waals surface area contributed by atoms with Crippen molar-refractivity contribution >= 4 is 33.4 Å². The number of rotatable bonds is 6. The first kappa shape index (κ1) is 9.95. The number of hydrogen-bond acceptors (Lipinski definition) is 3. The highest BCUT2D eigenvalue weighted by molar-refractivity contribution is 8.76. The standard InChI is InChI=1S/C5H12ClNS2/c1-2-4-8-9-5-3-7-6/h7H,2-5H2,1H3. The maximum Gasteiger partial charge on any atom is 0.0207 e. The second kappa shape index (κ2) is 8.95. The molecule has 0 aliphatic heterocycles. The van der Waals surface area contributed by atoms with E-state index in [1.807, 2.05) is 21.6 Å². The molecule has 0 aliphatic carbocycles. The molecule has 0 aromatic rings. The molecule has 9 heavy (non-hydrogen) atoms. The van der Waals surface area contributed by atoms with Crippen LogP contribution in [0.3, 0.4) is 0 Å². The molecule has 0 amide bonds. The van der Waals surface area contributed by atoms with E-state index in [1.165, 1.54) is 12.2 Å². The molecule has 0 atom stereocenters. The van der Waals surface area contributed by atoms with Gasteiger partial charge in [-0.15, -0.1) is 0 Å². The fourth-order valence-corrected chi connectivity index (χ4v) is 2.53. The van der Waals surface area contributed by atoms with Gasteiger partial charge >= 0.3 is 0 Å². The molecule has 0 aromatic heterocycles. The van der Waals surface area contributed by atoms with Crippen LogP contribution in [0.2, 0.25) is 0 Å². The zero-order valence-electron chi connectivity index (χ0n) is 5.52. The second-order valence-electron chi connectivity index (χ2n) is 1.53. The Hall–Kier alpha value is 0.950. The van der Waals surface area contributed by atoms with Gasteiger partial charge in [0.15, 0.2) is 0 Å². The fourth-order valence-electron chi connectivity index (χ4n) is 0.281. The Morgan fingerprint density at radius 3 is 2.56 bits per heavy atom. The molecule has 0 rings (SSSR count). The molecule has 0 unspecified atom stereocenters. The summed E-state index contributed by atoms with van der Waals surface area (Å²) in [5, 5.41) is 0. The summed E-state index contributed by atoms with van der Waals surface area (Å²) in [6.07, 6.45) is 1.26. The van der Waals surface area contributed by atoms with Crippen LogP contribution in [0.25, 0.3) is 0 Å². The van der Waals surface area contributed by atoms with E-state index in [0.29, 0.717) is 0 Å². The van der Waals surface area contributed by atoms with Crippen molar-refractivity contribution in [2.24, 2.45) is 0 Å². The van der Waals surface area contributed by atoms with E-state index in [-0.39, 0.29) is 0 Å². The van der Waals surface area contributed by atoms with Crippen LogP contribution in [0, 0.1) is 0 Å². The van der Waals surface area contributed by atoms with Gasteiger partial charge in [0, 0.05) is 18.1 Å². The Kier molecular flexibility index (Phi) is 9.89. The van der Waals surface area contributed by atoms with Gasteiger partial charge in [-0.25, -0.2) is 4.84 Å². The normalized spacial score (nSPS) is 10.0. The molecule has 0 saturated heterocycles. The van der Waals surface area contributed by atoms with Gasteiger partial charge in [-0.2, -0.15) is 0 Å². The van der Waals surface area contributed by atoms with Crippen LogP contribution in [0.1, 0.15) is 13.3 Å². The number of nitrogens with one attached hydrogen (secondary N) is 1. The summed E-state index contributed by atoms with van der Waals surface area (Å²) in [6.45, 7) is 3.08. The monoisotopic (exact) mass is 185 g/mol. The number of halogens is 1. The third-order valence-electron chi connectivity index (χ3n) is 0.651. The van der Waals surface area contributed by atoms with Crippen molar-refractivity contribution in [3.8, 4) is 0 Å². The van der Waals surface area contributed by atoms with Crippen LogP contribution >= 0.6 is 33.4 Å². The summed E-state index contributed by atoms with van der Waals surface area (Å²) >= 11 is 5.24. The highest BCUT2D eigenvalue weighted by Gasteiger charge is 1.86. The van der Waals surface area contributed by atoms with Crippen LogP contribution in [-0.4, -0.2) is 18.1 Å². The maximum absolute atomic E-state index is 5.24. The quantitative estimate of drug-likeness (QED) is 0.388. The van der Waals surface area contributed by atoms with Gasteiger partial charge in [-0.1, -0.05) is 28.5 Å². The first-order valence-electron chi connectivity index (χ1n) is 2.99. The summed E-state index contributed by atoms with van der Waals surface area (Å²) in [5.74, 6) is 2.33. The molecule has 0 fully saturated rings. The van der Waals surface area contributed by atoms with E-state index < -0.39 is 0 Å². The predicted molar refractivity (Wildman–Crippen MR) is 49.1 cm³/mol. The Morgan fingerprint density at radius 2 is 2.00 bits per heavy atom. The molecule has 0 heterocycles. The van der Waals surface area contributed by atoms with E-state index in [4.69, 9.17) is 11.8 Å². The van der Waals surface area contributed by atoms with E-state index in [1.54, 1.807) is 0 Å². The Labute approximate surface area is 69.8 Å². The summed E-state index contributed by atoms with van der Waals surface area (Å²) in [7, 11) is 3.78. The van der Waals surface area contributed by atoms with Crippen molar-refractivity contribution in [3.63, 3.8) is 0 Å². The van der Waals surface area contributed by atoms with E-state index in [9.17, 15) is 0 Å². The Bertz CT molecular complexity index is 48.2. The van der Waals surface area contributed by atoms with Gasteiger partial charge in [0.05, 0.1) is 0 Å². The average Bonchev–Trinajstić information content (AvgIpc) is 1.89. The molecule has 1 nitrogen and oxygen atoms in total. The van der Waals surface area contributed by atoms with Crippen molar-refractivity contribution in [3.05, 3.63) is 0 Å². The fraction of sp³-hybridized carbons (Fsp3) is 1.00. The third-order valence-corrected chi connectivity index (χ3v) is 3.45. The van der Waals surface area contributed by atoms with Crippen LogP contribution in [0.15, 0.2) is 0 Å². The highest BCUT2D eigenvalue weighted by atomic mass is 35.5. The molecule has 56 valence electrons. The molecular weight excluding hydrogens is 174 g/mol. The molecule has 0 aliphatic rings. The Morgan fingerprint density at radius 1 is 1.33 bits per heavy atom. The van der Waals surface area contributed by atoms with Gasteiger partial charge in [-0.05, 0) is 18.2 Å². The molecular formula is C5H12ClNS2. The second-order valence-corrected chi connectivity index (χ2v) is 4.50. The molecule has 0 saturated carbocycles. The Balaban J connectivity index is 2.60. The van der Waals surface area contributed by atoms with Crippen molar-refractivity contribution in [1.29, 1.82) is 0 Å². The van der Waals surface area contributed by atoms with Crippen molar-refractivity contribution < 1.29 is 0 Å². The van der Waals surface area contributed by atoms with Crippen LogP contribution in [-0.2, 0) is 0 Å². The first-order chi connectivity index (χ1) is 4.41. The average molecular weight is 186 g/mol. The van der Waals surface area contributed by atoms with Crippen LogP contribution < -0.4 is 4.84 Å². The van der Waals surface area contributed by atoms with E-state index in [0.717, 1.165) is 12.3 Å². The summed E-state index contributed by atoms with van der Waals surface area (Å²) in [4.78, 5) is 2.58. The van der Waals surface area contributed by atoms with Gasteiger partial charge in [0.1, 0.15) is 0 Å². The van der Waals surface area contributed by atoms with Crippen molar-refractivity contribution in [1.82, 2.24) is 4.84 Å². The third kappa shape index (κ3) is 8.95. The molecule has 0 bridgehead atoms. The zero-order valence-corrected chi connectivity index (χ0v) is 7.91. The molecule has 0 radical (unpaired) electrons. The van der Waals surface area contributed by atoms with Gasteiger partial charge < -0.3 is 0 Å². The lowest BCUT2D eigenvalue weighted by Gasteiger charge is -1.95. The van der Waals surface area contributed by atoms with E-state index >= 15 is 0 Å². The lowest BCUT2D eigenvalue weighted by atomic mass is 10.6. The van der Waals surface area contributed by atoms with Crippen molar-refractivity contribution in [2.45, 2.75) is 13.3 Å². The van der Waals surface area contributed by atoms with Crippen LogP contribution in [0.4, 0.5) is 0 Å². The summed E-state index contributed by atoms with van der Waals surface area (Å²) in [6, 6.07) is 0. The predicted octanol–water partition coefficient (Wildman–Crippen LogP) is 2.52. The lowest BCUT2D eigenvalue weighted by molar-refractivity contribution is 1.04. The number of hydrogen-bond donors (Lipinski definition) is 1. The lowest BCUT2D eigenvalue weighted by Crippen LogP contribution is -2.02. The van der Waals surface area contributed by atoms with E-state index in [2.05, 4.69) is 11.8 Å². The minimum atomic E-state index is 0.892. The van der Waals surface area contributed by atoms with Gasteiger partial charge in [0.25, 0.3) is 0 Å². The summed E-state index contributed by atoms with van der Waals surface area (Å²) < 4.78 is 0. The van der Waals surface area contributed by atoms with Crippen molar-refractivity contribution in [2.75, 3.05) is 18.1 Å². The SMILES string of the molecule is CCCSSCCNCl. The molecule has 0 spiro atoms. The zero-order chi connectivity index (χ0) is 6.95. The highest BCUT2D eigenvalue weighted by Crippen LogP contribution is 2.20. The minimum Gasteiger partial charge on any atom is -0.233 e. The van der Waals surface area contributed by atoms with Gasteiger partial charge in [0.2, 0.25) is 0 Å². The maximum atomic E-state index is 5.24. The first-order valence-corrected chi connectivity index (χ1v) is 5.86. The largest absolute Gasteiger partial charge is 0.233 e. The molecule has 1 N–H and O–H groups in total. The summed E-state index contributed by atoms with van der Waals surface area (Å²) in [5.41, 5.74) is 0. The topological polar surface area (TPSA) is 12.0 Å². The minimum absolute atomic E-state index is 0.892. The van der Waals surface area contributed by atoms with Crippen LogP contribution in [0.5, 0.6) is 0 Å². The molecule has 0 aromatic carbocycles. The van der Waals surface area contributed by atoms with Gasteiger partial charge in [-0.3, -0.25) is 0 Å².